The number of benzene rings is 1. The third-order valence-corrected chi connectivity index (χ3v) is 3.64. The predicted molar refractivity (Wildman–Crippen MR) is 72.8 cm³/mol. The highest BCUT2D eigenvalue weighted by atomic mass is 15.0. The van der Waals surface area contributed by atoms with E-state index in [0.29, 0.717) is 0 Å². The largest absolute Gasteiger partial charge is 0.397 e. The van der Waals surface area contributed by atoms with E-state index in [0.717, 1.165) is 30.6 Å². The first-order valence-electron chi connectivity index (χ1n) is 6.21. The zero-order valence-electron chi connectivity index (χ0n) is 10.9. The van der Waals surface area contributed by atoms with Crippen LogP contribution >= 0.6 is 0 Å². The second-order valence-corrected chi connectivity index (χ2v) is 4.56. The Morgan fingerprint density at radius 2 is 1.69 bits per heavy atom. The van der Waals surface area contributed by atoms with Gasteiger partial charge in [0.15, 0.2) is 0 Å². The quantitative estimate of drug-likeness (QED) is 0.737. The monoisotopic (exact) mass is 220 g/mol. The van der Waals surface area contributed by atoms with Crippen molar-refractivity contribution >= 4 is 11.4 Å². The van der Waals surface area contributed by atoms with Crippen LogP contribution < -0.4 is 11.1 Å². The first kappa shape index (κ1) is 12.9. The van der Waals surface area contributed by atoms with Crippen LogP contribution in [0.1, 0.15) is 45.6 Å². The third-order valence-electron chi connectivity index (χ3n) is 3.64. The van der Waals surface area contributed by atoms with E-state index in [1.165, 1.54) is 5.56 Å². The molecule has 2 heteroatoms. The smallest absolute Gasteiger partial charge is 0.0580 e. The van der Waals surface area contributed by atoms with Gasteiger partial charge < -0.3 is 11.1 Å². The Balaban J connectivity index is 2.97. The summed E-state index contributed by atoms with van der Waals surface area (Å²) in [6, 6.07) is 6.15. The Morgan fingerprint density at radius 1 is 1.12 bits per heavy atom. The van der Waals surface area contributed by atoms with Crippen molar-refractivity contribution in [3.05, 3.63) is 23.8 Å². The molecular weight excluding hydrogens is 196 g/mol. The summed E-state index contributed by atoms with van der Waals surface area (Å²) in [6.07, 6.45) is 3.36. The minimum absolute atomic E-state index is 0.182. The number of hydrogen-bond donors (Lipinski definition) is 2. The van der Waals surface area contributed by atoms with Crippen molar-refractivity contribution in [3.8, 4) is 0 Å². The van der Waals surface area contributed by atoms with Gasteiger partial charge in [0.2, 0.25) is 0 Å². The average molecular weight is 220 g/mol. The Hall–Kier alpha value is -1.18. The number of nitrogen functional groups attached to an aromatic ring is 1. The fourth-order valence-corrected chi connectivity index (χ4v) is 2.08. The van der Waals surface area contributed by atoms with E-state index < -0.39 is 0 Å². The second kappa shape index (κ2) is 5.24. The predicted octanol–water partition coefficient (Wildman–Crippen LogP) is 3.96. The maximum absolute atomic E-state index is 6.00. The molecule has 2 nitrogen and oxygen atoms in total. The zero-order valence-corrected chi connectivity index (χ0v) is 10.9. The van der Waals surface area contributed by atoms with Gasteiger partial charge in [0, 0.05) is 5.54 Å². The van der Waals surface area contributed by atoms with Crippen LogP contribution in [0.25, 0.3) is 0 Å². The van der Waals surface area contributed by atoms with E-state index in [4.69, 9.17) is 5.73 Å². The highest BCUT2D eigenvalue weighted by molar-refractivity contribution is 5.67. The molecule has 90 valence electrons. The molecule has 0 saturated heterocycles. The summed E-state index contributed by atoms with van der Waals surface area (Å²) in [6.45, 7) is 8.78. The number of anilines is 2. The molecule has 0 atom stereocenters. The summed E-state index contributed by atoms with van der Waals surface area (Å²) >= 11 is 0. The SMILES string of the molecule is CCC(CC)(CC)Nc1cc(C)ccc1N. The van der Waals surface area contributed by atoms with Crippen LogP contribution in [0.3, 0.4) is 0 Å². The molecule has 1 aromatic rings. The highest BCUT2D eigenvalue weighted by Gasteiger charge is 2.23. The summed E-state index contributed by atoms with van der Waals surface area (Å²) in [4.78, 5) is 0. The Kier molecular flexibility index (Phi) is 4.22. The maximum Gasteiger partial charge on any atom is 0.0580 e. The minimum atomic E-state index is 0.182. The van der Waals surface area contributed by atoms with Gasteiger partial charge in [-0.2, -0.15) is 0 Å². The first-order chi connectivity index (χ1) is 7.56. The second-order valence-electron chi connectivity index (χ2n) is 4.56. The van der Waals surface area contributed by atoms with Crippen molar-refractivity contribution < 1.29 is 0 Å². The van der Waals surface area contributed by atoms with Crippen molar-refractivity contribution in [1.82, 2.24) is 0 Å². The summed E-state index contributed by atoms with van der Waals surface area (Å²) in [5.74, 6) is 0. The molecule has 0 aliphatic carbocycles. The van der Waals surface area contributed by atoms with Crippen LogP contribution in [-0.2, 0) is 0 Å². The van der Waals surface area contributed by atoms with Crippen molar-refractivity contribution in [2.45, 2.75) is 52.5 Å². The van der Waals surface area contributed by atoms with Crippen molar-refractivity contribution in [2.75, 3.05) is 11.1 Å². The van der Waals surface area contributed by atoms with Crippen LogP contribution in [-0.4, -0.2) is 5.54 Å². The molecule has 0 bridgehead atoms. The molecule has 16 heavy (non-hydrogen) atoms. The van der Waals surface area contributed by atoms with Crippen molar-refractivity contribution in [2.24, 2.45) is 0 Å². The van der Waals surface area contributed by atoms with E-state index in [2.05, 4.69) is 39.1 Å². The molecule has 0 unspecified atom stereocenters. The van der Waals surface area contributed by atoms with Crippen LogP contribution in [0, 0.1) is 6.92 Å². The fraction of sp³-hybridized carbons (Fsp3) is 0.571. The van der Waals surface area contributed by atoms with E-state index in [9.17, 15) is 0 Å². The molecule has 1 aromatic carbocycles. The van der Waals surface area contributed by atoms with Gasteiger partial charge in [-0.1, -0.05) is 26.8 Å². The maximum atomic E-state index is 6.00. The van der Waals surface area contributed by atoms with Gasteiger partial charge in [-0.3, -0.25) is 0 Å². The molecule has 0 saturated carbocycles. The van der Waals surface area contributed by atoms with Gasteiger partial charge >= 0.3 is 0 Å². The van der Waals surface area contributed by atoms with E-state index in [1.54, 1.807) is 0 Å². The molecule has 0 radical (unpaired) electrons. The number of rotatable bonds is 5. The molecule has 0 amide bonds. The number of nitrogens with two attached hydrogens (primary N) is 1. The molecule has 0 aliphatic heterocycles. The van der Waals surface area contributed by atoms with Gasteiger partial charge in [-0.05, 0) is 43.9 Å². The molecule has 1 rings (SSSR count). The summed E-state index contributed by atoms with van der Waals surface area (Å²) in [7, 11) is 0. The Morgan fingerprint density at radius 3 is 2.19 bits per heavy atom. The Bertz CT molecular complexity index is 332. The molecular formula is C14H24N2. The van der Waals surface area contributed by atoms with Crippen LogP contribution in [0.4, 0.5) is 11.4 Å². The number of aryl methyl sites for hydroxylation is 1. The minimum Gasteiger partial charge on any atom is -0.397 e. The molecule has 0 heterocycles. The van der Waals surface area contributed by atoms with Gasteiger partial charge in [-0.15, -0.1) is 0 Å². The van der Waals surface area contributed by atoms with E-state index in [-0.39, 0.29) is 5.54 Å². The van der Waals surface area contributed by atoms with Crippen molar-refractivity contribution in [3.63, 3.8) is 0 Å². The van der Waals surface area contributed by atoms with Crippen LogP contribution in [0.5, 0.6) is 0 Å². The topological polar surface area (TPSA) is 38.0 Å². The number of hydrogen-bond acceptors (Lipinski definition) is 2. The zero-order chi connectivity index (χ0) is 12.2. The van der Waals surface area contributed by atoms with Gasteiger partial charge in [0.1, 0.15) is 0 Å². The third kappa shape index (κ3) is 2.69. The van der Waals surface area contributed by atoms with Gasteiger partial charge in [0.05, 0.1) is 11.4 Å². The number of nitrogens with one attached hydrogen (secondary N) is 1. The van der Waals surface area contributed by atoms with Crippen molar-refractivity contribution in [1.29, 1.82) is 0 Å². The summed E-state index contributed by atoms with van der Waals surface area (Å²) in [5, 5.41) is 3.63. The lowest BCUT2D eigenvalue weighted by molar-refractivity contribution is 0.420. The van der Waals surface area contributed by atoms with E-state index >= 15 is 0 Å². The molecule has 0 spiro atoms. The highest BCUT2D eigenvalue weighted by Crippen LogP contribution is 2.29. The van der Waals surface area contributed by atoms with Gasteiger partial charge in [-0.25, -0.2) is 0 Å². The standard InChI is InChI=1S/C14H24N2/c1-5-14(6-2,7-3)16-13-10-11(4)8-9-12(13)15/h8-10,16H,5-7,15H2,1-4H3. The average Bonchev–Trinajstić information content (AvgIpc) is 2.31. The van der Waals surface area contributed by atoms with Gasteiger partial charge in [0.25, 0.3) is 0 Å². The summed E-state index contributed by atoms with van der Waals surface area (Å²) in [5.41, 5.74) is 9.34. The molecule has 0 aliphatic rings. The summed E-state index contributed by atoms with van der Waals surface area (Å²) < 4.78 is 0. The lowest BCUT2D eigenvalue weighted by atomic mass is 9.89. The Labute approximate surface area is 99.2 Å². The molecule has 3 N–H and O–H groups in total. The first-order valence-corrected chi connectivity index (χ1v) is 6.21. The molecule has 0 fully saturated rings. The fourth-order valence-electron chi connectivity index (χ4n) is 2.08. The lowest BCUT2D eigenvalue weighted by Gasteiger charge is -2.33. The molecule has 0 aromatic heterocycles. The van der Waals surface area contributed by atoms with Crippen LogP contribution in [0.2, 0.25) is 0 Å². The lowest BCUT2D eigenvalue weighted by Crippen LogP contribution is -2.36. The van der Waals surface area contributed by atoms with E-state index in [1.807, 2.05) is 12.1 Å². The normalized spacial score (nSPS) is 11.5. The van der Waals surface area contributed by atoms with Crippen LogP contribution in [0.15, 0.2) is 18.2 Å².